The molecule has 2 aliphatic rings. The summed E-state index contributed by atoms with van der Waals surface area (Å²) in [6.07, 6.45) is 7.07. The second-order valence-electron chi connectivity index (χ2n) is 7.24. The summed E-state index contributed by atoms with van der Waals surface area (Å²) in [4.78, 5) is 19.5. The summed E-state index contributed by atoms with van der Waals surface area (Å²) in [5.74, 6) is -0.00799. The first-order valence-corrected chi connectivity index (χ1v) is 9.86. The third kappa shape index (κ3) is 4.31. The summed E-state index contributed by atoms with van der Waals surface area (Å²) in [5.41, 5.74) is 1.16. The molecule has 0 spiro atoms. The number of nitrogens with one attached hydrogen (secondary N) is 1. The van der Waals surface area contributed by atoms with Crippen LogP contribution in [0.5, 0.6) is 5.88 Å². The summed E-state index contributed by atoms with van der Waals surface area (Å²) in [6.45, 7) is 6.71. The molecule has 7 heteroatoms. The van der Waals surface area contributed by atoms with Gasteiger partial charge < -0.3 is 15.0 Å². The lowest BCUT2D eigenvalue weighted by atomic mass is 9.96. The zero-order chi connectivity index (χ0) is 20.9. The van der Waals surface area contributed by atoms with Crippen molar-refractivity contribution in [2.75, 3.05) is 32.8 Å². The van der Waals surface area contributed by atoms with E-state index in [1.54, 1.807) is 11.0 Å². The number of carbonyl (C=O) groups is 1. The maximum absolute atomic E-state index is 13.2. The molecule has 1 aromatic heterocycles. The Hall–Kier alpha value is -3.16. The van der Waals surface area contributed by atoms with Crippen molar-refractivity contribution in [3.05, 3.63) is 46.7 Å². The van der Waals surface area contributed by atoms with Crippen molar-refractivity contribution >= 4 is 5.91 Å². The van der Waals surface area contributed by atoms with E-state index in [2.05, 4.69) is 22.4 Å². The molecular weight excluding hydrogens is 366 g/mol. The lowest BCUT2D eigenvalue weighted by molar-refractivity contribution is 0.0733. The summed E-state index contributed by atoms with van der Waals surface area (Å²) >= 11 is 0. The SMILES string of the molecule is C/C=C\C(=C/C)COc1nc(C2(C#N)CC2)c(C(=O)N2CCNCC2)cc1C#N. The molecule has 3 rings (SSSR count). The second kappa shape index (κ2) is 8.89. The molecule has 2 heterocycles. The Morgan fingerprint density at radius 2 is 2.07 bits per heavy atom. The molecule has 150 valence electrons. The van der Waals surface area contributed by atoms with Crippen LogP contribution in [0, 0.1) is 22.7 Å². The number of hydrogen-bond donors (Lipinski definition) is 1. The van der Waals surface area contributed by atoms with Gasteiger partial charge in [0.1, 0.15) is 23.7 Å². The average molecular weight is 391 g/mol. The molecule has 0 bridgehead atoms. The number of nitriles is 2. The van der Waals surface area contributed by atoms with Gasteiger partial charge in [0.25, 0.3) is 5.91 Å². The van der Waals surface area contributed by atoms with E-state index in [-0.39, 0.29) is 24.0 Å². The highest BCUT2D eigenvalue weighted by molar-refractivity contribution is 5.96. The van der Waals surface area contributed by atoms with E-state index in [0.29, 0.717) is 37.2 Å². The van der Waals surface area contributed by atoms with Gasteiger partial charge in [-0.2, -0.15) is 10.5 Å². The summed E-state index contributed by atoms with van der Waals surface area (Å²) in [5, 5.41) is 22.6. The number of ether oxygens (including phenoxy) is 1. The van der Waals surface area contributed by atoms with Crippen molar-refractivity contribution < 1.29 is 9.53 Å². The van der Waals surface area contributed by atoms with Crippen LogP contribution in [0.25, 0.3) is 0 Å². The molecule has 2 fully saturated rings. The minimum atomic E-state index is -0.766. The minimum absolute atomic E-state index is 0.171. The predicted octanol–water partition coefficient (Wildman–Crippen LogP) is 2.46. The van der Waals surface area contributed by atoms with Crippen molar-refractivity contribution in [1.82, 2.24) is 15.2 Å². The van der Waals surface area contributed by atoms with Crippen molar-refractivity contribution in [2.24, 2.45) is 0 Å². The highest BCUT2D eigenvalue weighted by Gasteiger charge is 2.49. The van der Waals surface area contributed by atoms with Crippen LogP contribution in [0.15, 0.2) is 29.9 Å². The molecule has 0 radical (unpaired) electrons. The number of rotatable bonds is 6. The third-order valence-corrected chi connectivity index (χ3v) is 5.29. The van der Waals surface area contributed by atoms with E-state index < -0.39 is 5.41 Å². The van der Waals surface area contributed by atoms with Crippen LogP contribution in [-0.4, -0.2) is 48.6 Å². The Morgan fingerprint density at radius 1 is 1.34 bits per heavy atom. The molecule has 1 saturated heterocycles. The maximum atomic E-state index is 13.2. The van der Waals surface area contributed by atoms with Crippen molar-refractivity contribution in [2.45, 2.75) is 32.1 Å². The predicted molar refractivity (Wildman–Crippen MR) is 108 cm³/mol. The van der Waals surface area contributed by atoms with E-state index >= 15 is 0 Å². The van der Waals surface area contributed by atoms with E-state index in [1.165, 1.54) is 0 Å². The lowest BCUT2D eigenvalue weighted by Crippen LogP contribution is -2.46. The topological polar surface area (TPSA) is 102 Å². The van der Waals surface area contributed by atoms with Crippen molar-refractivity contribution in [1.29, 1.82) is 10.5 Å². The van der Waals surface area contributed by atoms with Gasteiger partial charge in [-0.3, -0.25) is 4.79 Å². The Morgan fingerprint density at radius 3 is 2.62 bits per heavy atom. The number of carbonyl (C=O) groups excluding carboxylic acids is 1. The van der Waals surface area contributed by atoms with Crippen molar-refractivity contribution in [3.63, 3.8) is 0 Å². The highest BCUT2D eigenvalue weighted by Crippen LogP contribution is 2.48. The first-order chi connectivity index (χ1) is 14.1. The number of hydrogen-bond acceptors (Lipinski definition) is 6. The van der Waals surface area contributed by atoms with Gasteiger partial charge in [0.15, 0.2) is 0 Å². The van der Waals surface area contributed by atoms with E-state index in [9.17, 15) is 15.3 Å². The van der Waals surface area contributed by atoms with Crippen LogP contribution >= 0.6 is 0 Å². The van der Waals surface area contributed by atoms with Gasteiger partial charge in [0.2, 0.25) is 5.88 Å². The number of pyridine rings is 1. The van der Waals surface area contributed by atoms with Crippen LogP contribution in [0.3, 0.4) is 0 Å². The standard InChI is InChI=1S/C22H25N5O2/c1-3-5-16(4-2)14-29-20-17(13-23)12-18(19(26-20)22(15-24)6-7-22)21(28)27-10-8-25-9-11-27/h3-5,12,25H,6-11,14H2,1-2H3/b5-3-,16-4+. The quantitative estimate of drug-likeness (QED) is 0.748. The summed E-state index contributed by atoms with van der Waals surface area (Å²) in [6, 6.07) is 5.96. The number of piperazine rings is 1. The van der Waals surface area contributed by atoms with Crippen LogP contribution in [-0.2, 0) is 5.41 Å². The third-order valence-electron chi connectivity index (χ3n) is 5.29. The lowest BCUT2D eigenvalue weighted by Gasteiger charge is -2.28. The molecule has 1 saturated carbocycles. The largest absolute Gasteiger partial charge is 0.472 e. The summed E-state index contributed by atoms with van der Waals surface area (Å²) in [7, 11) is 0. The van der Waals surface area contributed by atoms with E-state index in [0.717, 1.165) is 18.7 Å². The molecule has 7 nitrogen and oxygen atoms in total. The van der Waals surface area contributed by atoms with Gasteiger partial charge in [-0.15, -0.1) is 0 Å². The van der Waals surface area contributed by atoms with Gasteiger partial charge in [0.05, 0.1) is 17.3 Å². The molecule has 1 N–H and O–H groups in total. The Kier molecular flexibility index (Phi) is 6.31. The molecule has 0 unspecified atom stereocenters. The van der Waals surface area contributed by atoms with Gasteiger partial charge in [-0.05, 0) is 38.3 Å². The van der Waals surface area contributed by atoms with Gasteiger partial charge in [-0.1, -0.05) is 18.2 Å². The highest BCUT2D eigenvalue weighted by atomic mass is 16.5. The molecular formula is C22H25N5O2. The monoisotopic (exact) mass is 391 g/mol. The van der Waals surface area contributed by atoms with Crippen LogP contribution < -0.4 is 10.1 Å². The Labute approximate surface area is 171 Å². The first kappa shape index (κ1) is 20.6. The fraction of sp³-hybridized carbons (Fsp3) is 0.455. The Bertz CT molecular complexity index is 926. The average Bonchev–Trinajstić information content (AvgIpc) is 3.57. The number of nitrogens with zero attached hydrogens (tertiary/aromatic N) is 4. The number of allylic oxidation sites excluding steroid dienone is 2. The minimum Gasteiger partial charge on any atom is -0.472 e. The van der Waals surface area contributed by atoms with E-state index in [1.807, 2.05) is 32.1 Å². The second-order valence-corrected chi connectivity index (χ2v) is 7.24. The first-order valence-electron chi connectivity index (χ1n) is 9.86. The van der Waals surface area contributed by atoms with Crippen LogP contribution in [0.4, 0.5) is 0 Å². The van der Waals surface area contributed by atoms with Gasteiger partial charge in [-0.25, -0.2) is 4.98 Å². The molecule has 1 aromatic rings. The molecule has 29 heavy (non-hydrogen) atoms. The molecule has 1 aliphatic heterocycles. The van der Waals surface area contributed by atoms with Gasteiger partial charge >= 0.3 is 0 Å². The molecule has 0 aromatic carbocycles. The molecule has 0 atom stereocenters. The number of aromatic nitrogens is 1. The van der Waals surface area contributed by atoms with E-state index in [4.69, 9.17) is 4.74 Å². The summed E-state index contributed by atoms with van der Waals surface area (Å²) < 4.78 is 5.82. The van der Waals surface area contributed by atoms with Gasteiger partial charge in [0, 0.05) is 26.2 Å². The number of amides is 1. The van der Waals surface area contributed by atoms with Crippen LogP contribution in [0.1, 0.15) is 48.3 Å². The molecule has 1 aliphatic carbocycles. The zero-order valence-corrected chi connectivity index (χ0v) is 16.9. The smallest absolute Gasteiger partial charge is 0.255 e. The fourth-order valence-electron chi connectivity index (χ4n) is 3.37. The normalized spacial score (nSPS) is 18.2. The molecule has 1 amide bonds. The van der Waals surface area contributed by atoms with Crippen LogP contribution in [0.2, 0.25) is 0 Å². The Balaban J connectivity index is 2.00. The maximum Gasteiger partial charge on any atom is 0.255 e. The fourth-order valence-corrected chi connectivity index (χ4v) is 3.37. The van der Waals surface area contributed by atoms with Crippen molar-refractivity contribution in [3.8, 4) is 18.0 Å². The zero-order valence-electron chi connectivity index (χ0n) is 16.9.